The predicted molar refractivity (Wildman–Crippen MR) is 66.8 cm³/mol. The lowest BCUT2D eigenvalue weighted by molar-refractivity contribution is 0.260. The summed E-state index contributed by atoms with van der Waals surface area (Å²) < 4.78 is 2.12. The van der Waals surface area contributed by atoms with Crippen molar-refractivity contribution in [2.75, 3.05) is 0 Å². The van der Waals surface area contributed by atoms with E-state index in [0.717, 1.165) is 5.82 Å². The summed E-state index contributed by atoms with van der Waals surface area (Å²) in [6.45, 7) is 4.24. The van der Waals surface area contributed by atoms with Crippen LogP contribution < -0.4 is 0 Å². The fourth-order valence-corrected chi connectivity index (χ4v) is 2.82. The lowest BCUT2D eigenvalue weighted by Crippen LogP contribution is -2.13. The van der Waals surface area contributed by atoms with Gasteiger partial charge in [-0.05, 0) is 26.7 Å². The van der Waals surface area contributed by atoms with Crippen LogP contribution in [0.15, 0.2) is 0 Å². The van der Waals surface area contributed by atoms with Gasteiger partial charge in [0.25, 0.3) is 0 Å². The molecule has 1 saturated carbocycles. The number of hydrogen-bond donors (Lipinski definition) is 1. The lowest BCUT2D eigenvalue weighted by atomic mass is 9.99. The van der Waals surface area contributed by atoms with Gasteiger partial charge in [0.2, 0.25) is 0 Å². The zero-order valence-corrected chi connectivity index (χ0v) is 10.9. The molecule has 17 heavy (non-hydrogen) atoms. The second-order valence-electron chi connectivity index (χ2n) is 5.28. The highest BCUT2D eigenvalue weighted by Gasteiger charge is 2.23. The molecular weight excluding hydrogens is 214 g/mol. The van der Waals surface area contributed by atoms with Crippen molar-refractivity contribution >= 4 is 0 Å². The summed E-state index contributed by atoms with van der Waals surface area (Å²) in [5.41, 5.74) is 0. The highest BCUT2D eigenvalue weighted by Crippen LogP contribution is 2.32. The zero-order valence-electron chi connectivity index (χ0n) is 10.9. The third-order valence-corrected chi connectivity index (χ3v) is 3.67. The molecule has 0 aliphatic heterocycles. The van der Waals surface area contributed by atoms with Gasteiger partial charge >= 0.3 is 0 Å². The maximum absolute atomic E-state index is 9.31. The molecule has 0 radical (unpaired) electrons. The van der Waals surface area contributed by atoms with Gasteiger partial charge in [-0.15, -0.1) is 10.2 Å². The standard InChI is InChI=1S/C13H23N3O/c1-10(2)16-12(9-17)14-15-13(16)11-7-5-3-4-6-8-11/h10-11,17H,3-9H2,1-2H3. The van der Waals surface area contributed by atoms with Gasteiger partial charge in [0.05, 0.1) is 0 Å². The SMILES string of the molecule is CC(C)n1c(CO)nnc1C1CCCCCC1. The fourth-order valence-electron chi connectivity index (χ4n) is 2.82. The van der Waals surface area contributed by atoms with Crippen LogP contribution in [0.25, 0.3) is 0 Å². The van der Waals surface area contributed by atoms with Crippen molar-refractivity contribution in [2.45, 2.75) is 70.9 Å². The molecule has 1 fully saturated rings. The average molecular weight is 237 g/mol. The van der Waals surface area contributed by atoms with Gasteiger partial charge in [0.15, 0.2) is 5.82 Å². The Morgan fingerprint density at radius 2 is 1.82 bits per heavy atom. The third-order valence-electron chi connectivity index (χ3n) is 3.67. The van der Waals surface area contributed by atoms with Crippen molar-refractivity contribution in [3.05, 3.63) is 11.6 Å². The quantitative estimate of drug-likeness (QED) is 0.822. The lowest BCUT2D eigenvalue weighted by Gasteiger charge is -2.18. The maximum atomic E-state index is 9.31. The van der Waals surface area contributed by atoms with Crippen molar-refractivity contribution in [1.82, 2.24) is 14.8 Å². The van der Waals surface area contributed by atoms with Crippen molar-refractivity contribution in [3.8, 4) is 0 Å². The minimum absolute atomic E-state index is 0.0160. The summed E-state index contributed by atoms with van der Waals surface area (Å²) in [6.07, 6.45) is 7.72. The van der Waals surface area contributed by atoms with Crippen LogP contribution in [0.1, 0.15) is 76.0 Å². The largest absolute Gasteiger partial charge is 0.388 e. The second-order valence-corrected chi connectivity index (χ2v) is 5.28. The molecule has 1 heterocycles. The van der Waals surface area contributed by atoms with Crippen molar-refractivity contribution < 1.29 is 5.11 Å². The van der Waals surface area contributed by atoms with Crippen LogP contribution in [0, 0.1) is 0 Å². The van der Waals surface area contributed by atoms with Gasteiger partial charge in [0, 0.05) is 12.0 Å². The van der Waals surface area contributed by atoms with Crippen molar-refractivity contribution in [1.29, 1.82) is 0 Å². The summed E-state index contributed by atoms with van der Waals surface area (Å²) in [6, 6.07) is 0.324. The normalized spacial score (nSPS) is 18.6. The topological polar surface area (TPSA) is 50.9 Å². The van der Waals surface area contributed by atoms with Crippen molar-refractivity contribution in [2.24, 2.45) is 0 Å². The van der Waals surface area contributed by atoms with E-state index in [1.165, 1.54) is 38.5 Å². The number of aromatic nitrogens is 3. The van der Waals surface area contributed by atoms with Gasteiger partial charge < -0.3 is 9.67 Å². The van der Waals surface area contributed by atoms with Crippen molar-refractivity contribution in [3.63, 3.8) is 0 Å². The number of aliphatic hydroxyl groups excluding tert-OH is 1. The average Bonchev–Trinajstić information content (AvgIpc) is 2.56. The zero-order chi connectivity index (χ0) is 12.3. The molecule has 0 bridgehead atoms. The Kier molecular flexibility index (Phi) is 4.15. The first-order chi connectivity index (χ1) is 8.24. The van der Waals surface area contributed by atoms with Gasteiger partial charge in [-0.2, -0.15) is 0 Å². The summed E-state index contributed by atoms with van der Waals surface area (Å²) >= 11 is 0. The minimum atomic E-state index is -0.0160. The fraction of sp³-hybridized carbons (Fsp3) is 0.846. The van der Waals surface area contributed by atoms with Crippen LogP contribution >= 0.6 is 0 Å². The minimum Gasteiger partial charge on any atom is -0.388 e. The van der Waals surface area contributed by atoms with Gasteiger partial charge in [-0.3, -0.25) is 0 Å². The predicted octanol–water partition coefficient (Wildman–Crippen LogP) is 2.79. The Labute approximate surface area is 103 Å². The molecular formula is C13H23N3O. The molecule has 0 aromatic carbocycles. The Morgan fingerprint density at radius 3 is 2.35 bits per heavy atom. The molecule has 1 aliphatic carbocycles. The molecule has 96 valence electrons. The Bertz CT molecular complexity index is 352. The van der Waals surface area contributed by atoms with Gasteiger partial charge in [-0.25, -0.2) is 0 Å². The smallest absolute Gasteiger partial charge is 0.159 e. The van der Waals surface area contributed by atoms with E-state index in [1.807, 2.05) is 0 Å². The summed E-state index contributed by atoms with van der Waals surface area (Å²) in [4.78, 5) is 0. The molecule has 1 aromatic heterocycles. The Balaban J connectivity index is 2.26. The van der Waals surface area contributed by atoms with Crippen LogP contribution in [-0.4, -0.2) is 19.9 Å². The summed E-state index contributed by atoms with van der Waals surface area (Å²) in [5, 5.41) is 17.8. The van der Waals surface area contributed by atoms with Crippen LogP contribution in [0.5, 0.6) is 0 Å². The first kappa shape index (κ1) is 12.6. The molecule has 1 N–H and O–H groups in total. The van der Waals surface area contributed by atoms with Crippen LogP contribution in [0.2, 0.25) is 0 Å². The molecule has 2 rings (SSSR count). The van der Waals surface area contributed by atoms with E-state index in [4.69, 9.17) is 0 Å². The molecule has 1 aliphatic rings. The number of rotatable bonds is 3. The Morgan fingerprint density at radius 1 is 1.18 bits per heavy atom. The number of aliphatic hydroxyl groups is 1. The number of nitrogens with zero attached hydrogens (tertiary/aromatic N) is 3. The molecule has 4 heteroatoms. The molecule has 4 nitrogen and oxygen atoms in total. The molecule has 1 aromatic rings. The molecule has 0 amide bonds. The highest BCUT2D eigenvalue weighted by molar-refractivity contribution is 5.04. The van der Waals surface area contributed by atoms with Gasteiger partial charge in [-0.1, -0.05) is 25.7 Å². The molecule has 0 atom stereocenters. The third kappa shape index (κ3) is 2.68. The molecule has 0 saturated heterocycles. The van der Waals surface area contributed by atoms with E-state index in [2.05, 4.69) is 28.6 Å². The van der Waals surface area contributed by atoms with E-state index in [9.17, 15) is 5.11 Å². The monoisotopic (exact) mass is 237 g/mol. The first-order valence-electron chi connectivity index (χ1n) is 6.78. The maximum Gasteiger partial charge on any atom is 0.159 e. The Hall–Kier alpha value is -0.900. The second kappa shape index (κ2) is 5.63. The van der Waals surface area contributed by atoms with Crippen LogP contribution in [0.3, 0.4) is 0 Å². The van der Waals surface area contributed by atoms with E-state index in [1.54, 1.807) is 0 Å². The van der Waals surface area contributed by atoms with E-state index >= 15 is 0 Å². The highest BCUT2D eigenvalue weighted by atomic mass is 16.3. The molecule has 0 spiro atoms. The molecule has 0 unspecified atom stereocenters. The van der Waals surface area contributed by atoms with Gasteiger partial charge in [0.1, 0.15) is 12.4 Å². The van der Waals surface area contributed by atoms with E-state index in [-0.39, 0.29) is 6.61 Å². The van der Waals surface area contributed by atoms with Crippen LogP contribution in [-0.2, 0) is 6.61 Å². The number of hydrogen-bond acceptors (Lipinski definition) is 3. The van der Waals surface area contributed by atoms with E-state index in [0.29, 0.717) is 17.8 Å². The van der Waals surface area contributed by atoms with E-state index < -0.39 is 0 Å². The summed E-state index contributed by atoms with van der Waals surface area (Å²) in [5.74, 6) is 2.33. The first-order valence-corrected chi connectivity index (χ1v) is 6.78. The van der Waals surface area contributed by atoms with Crippen LogP contribution in [0.4, 0.5) is 0 Å². The summed E-state index contributed by atoms with van der Waals surface area (Å²) in [7, 11) is 0.